The molecule has 2 aromatic rings. The monoisotopic (exact) mass is 363 g/mol. The molecule has 0 spiro atoms. The van der Waals surface area contributed by atoms with Gasteiger partial charge in [-0.15, -0.1) is 21.1 Å². The van der Waals surface area contributed by atoms with Crippen LogP contribution in [0.3, 0.4) is 0 Å². The molecule has 0 N–H and O–H groups in total. The van der Waals surface area contributed by atoms with E-state index in [1.54, 1.807) is 30.0 Å². The summed E-state index contributed by atoms with van der Waals surface area (Å²) in [7, 11) is -4.00. The normalized spacial score (nSPS) is 17.6. The van der Waals surface area contributed by atoms with E-state index in [2.05, 4.69) is 4.28 Å². The number of hydrogen-bond acceptors (Lipinski definition) is 6. The van der Waals surface area contributed by atoms with E-state index in [1.807, 2.05) is 12.1 Å². The Morgan fingerprint density at radius 3 is 2.38 bits per heavy atom. The van der Waals surface area contributed by atoms with Gasteiger partial charge in [-0.25, -0.2) is 0 Å². The second kappa shape index (κ2) is 5.30. The van der Waals surface area contributed by atoms with E-state index in [-0.39, 0.29) is 11.1 Å². The van der Waals surface area contributed by atoms with Gasteiger partial charge in [-0.1, -0.05) is 12.1 Å². The van der Waals surface area contributed by atoms with Crippen molar-refractivity contribution < 1.29 is 22.3 Å². The van der Waals surface area contributed by atoms with Crippen LogP contribution in [0.4, 0.5) is 0 Å². The van der Waals surface area contributed by atoms with Crippen molar-refractivity contribution >= 4 is 44.5 Å². The highest BCUT2D eigenvalue weighted by Gasteiger charge is 2.37. The molecule has 0 aromatic heterocycles. The van der Waals surface area contributed by atoms with Crippen molar-refractivity contribution in [2.24, 2.45) is 0 Å². The molecule has 4 rings (SSSR count). The SMILES string of the molecule is CS(=O)(=O)ON1C(=O)c2cccc3c(SC4CC4)ccc(c23)C1=O. The third-order valence-corrected chi connectivity index (χ3v) is 5.69. The summed E-state index contributed by atoms with van der Waals surface area (Å²) in [6.07, 6.45) is 3.13. The molecule has 1 aliphatic heterocycles. The second-order valence-corrected chi connectivity index (χ2v) is 8.74. The Balaban J connectivity index is 1.89. The first-order valence-corrected chi connectivity index (χ1v) is 10.1. The van der Waals surface area contributed by atoms with Gasteiger partial charge in [0.1, 0.15) is 0 Å². The summed E-state index contributed by atoms with van der Waals surface area (Å²) in [5.41, 5.74) is 0.535. The van der Waals surface area contributed by atoms with Crippen LogP contribution >= 0.6 is 11.8 Å². The first-order valence-electron chi connectivity index (χ1n) is 7.36. The fraction of sp³-hybridized carbons (Fsp3) is 0.250. The molecule has 1 saturated carbocycles. The van der Waals surface area contributed by atoms with Crippen molar-refractivity contribution in [2.75, 3.05) is 6.26 Å². The Hall–Kier alpha value is -1.90. The average Bonchev–Trinajstić information content (AvgIpc) is 3.33. The minimum atomic E-state index is -4.00. The maximum absolute atomic E-state index is 12.5. The van der Waals surface area contributed by atoms with Crippen LogP contribution in [-0.4, -0.2) is 36.8 Å². The third-order valence-electron chi connectivity index (χ3n) is 3.86. The Bertz CT molecular complexity index is 973. The van der Waals surface area contributed by atoms with E-state index in [9.17, 15) is 18.0 Å². The van der Waals surface area contributed by atoms with Crippen molar-refractivity contribution in [3.63, 3.8) is 0 Å². The zero-order valence-corrected chi connectivity index (χ0v) is 14.3. The van der Waals surface area contributed by atoms with Crippen LogP contribution in [0.1, 0.15) is 33.6 Å². The number of carbonyl (C=O) groups excluding carboxylic acids is 2. The molecule has 0 saturated heterocycles. The number of rotatable bonds is 4. The number of benzene rings is 2. The van der Waals surface area contributed by atoms with Gasteiger partial charge in [0.15, 0.2) is 0 Å². The molecule has 8 heteroatoms. The predicted molar refractivity (Wildman–Crippen MR) is 89.3 cm³/mol. The number of hydrogen-bond donors (Lipinski definition) is 0. The first-order chi connectivity index (χ1) is 11.3. The van der Waals surface area contributed by atoms with E-state index in [0.717, 1.165) is 16.5 Å². The Kier molecular flexibility index (Phi) is 3.45. The van der Waals surface area contributed by atoms with Crippen LogP contribution in [0.5, 0.6) is 0 Å². The lowest BCUT2D eigenvalue weighted by molar-refractivity contribution is -0.0149. The molecule has 1 aliphatic carbocycles. The van der Waals surface area contributed by atoms with E-state index in [4.69, 9.17) is 0 Å². The molecule has 0 unspecified atom stereocenters. The lowest BCUT2D eigenvalue weighted by Gasteiger charge is -2.25. The van der Waals surface area contributed by atoms with E-state index in [0.29, 0.717) is 15.7 Å². The summed E-state index contributed by atoms with van der Waals surface area (Å²) in [6, 6.07) is 8.65. The quantitative estimate of drug-likeness (QED) is 0.777. The molecule has 0 radical (unpaired) electrons. The van der Waals surface area contributed by atoms with Crippen molar-refractivity contribution in [2.45, 2.75) is 23.0 Å². The molecule has 124 valence electrons. The maximum atomic E-state index is 12.5. The molecule has 24 heavy (non-hydrogen) atoms. The van der Waals surface area contributed by atoms with Gasteiger partial charge in [-0.2, -0.15) is 8.42 Å². The Morgan fingerprint density at radius 1 is 1.08 bits per heavy atom. The van der Waals surface area contributed by atoms with E-state index >= 15 is 0 Å². The molecule has 0 bridgehead atoms. The lowest BCUT2D eigenvalue weighted by Crippen LogP contribution is -2.41. The number of hydroxylamine groups is 2. The fourth-order valence-electron chi connectivity index (χ4n) is 2.72. The molecular formula is C16H13NO5S2. The van der Waals surface area contributed by atoms with Crippen LogP contribution in [0.15, 0.2) is 35.2 Å². The van der Waals surface area contributed by atoms with Gasteiger partial charge in [0.25, 0.3) is 21.9 Å². The van der Waals surface area contributed by atoms with Crippen LogP contribution in [0, 0.1) is 0 Å². The van der Waals surface area contributed by atoms with Crippen molar-refractivity contribution in [3.05, 3.63) is 41.5 Å². The summed E-state index contributed by atoms with van der Waals surface area (Å²) in [6.45, 7) is 0. The molecule has 6 nitrogen and oxygen atoms in total. The highest BCUT2D eigenvalue weighted by Crippen LogP contribution is 2.43. The minimum absolute atomic E-state index is 0.268. The van der Waals surface area contributed by atoms with Gasteiger partial charge in [-0.3, -0.25) is 9.59 Å². The maximum Gasteiger partial charge on any atom is 0.286 e. The number of carbonyl (C=O) groups is 2. The molecule has 0 atom stereocenters. The van der Waals surface area contributed by atoms with Gasteiger partial charge in [-0.05, 0) is 36.4 Å². The van der Waals surface area contributed by atoms with Gasteiger partial charge >= 0.3 is 0 Å². The largest absolute Gasteiger partial charge is 0.286 e. The predicted octanol–water partition coefficient (Wildman–Crippen LogP) is 2.58. The van der Waals surface area contributed by atoms with E-state index < -0.39 is 21.9 Å². The third kappa shape index (κ3) is 2.60. The van der Waals surface area contributed by atoms with Crippen molar-refractivity contribution in [3.8, 4) is 0 Å². The molecule has 1 fully saturated rings. The first kappa shape index (κ1) is 15.6. The van der Waals surface area contributed by atoms with Crippen LogP contribution in [-0.2, 0) is 14.4 Å². The molecule has 2 aliphatic rings. The molecule has 2 amide bonds. The van der Waals surface area contributed by atoms with Gasteiger partial charge < -0.3 is 0 Å². The van der Waals surface area contributed by atoms with Crippen molar-refractivity contribution in [1.82, 2.24) is 5.06 Å². The van der Waals surface area contributed by atoms with Crippen LogP contribution in [0.25, 0.3) is 10.8 Å². The number of nitrogens with zero attached hydrogens (tertiary/aromatic N) is 1. The highest BCUT2D eigenvalue weighted by atomic mass is 32.2. The number of thioether (sulfide) groups is 1. The topological polar surface area (TPSA) is 80.8 Å². The average molecular weight is 363 g/mol. The summed E-state index contributed by atoms with van der Waals surface area (Å²) >= 11 is 1.74. The minimum Gasteiger partial charge on any atom is -0.266 e. The fourth-order valence-corrected chi connectivity index (χ4v) is 4.30. The number of imide groups is 1. The van der Waals surface area contributed by atoms with Crippen molar-refractivity contribution in [1.29, 1.82) is 0 Å². The smallest absolute Gasteiger partial charge is 0.266 e. The zero-order valence-electron chi connectivity index (χ0n) is 12.7. The number of amides is 2. The summed E-state index contributed by atoms with van der Waals surface area (Å²) in [4.78, 5) is 26.1. The lowest BCUT2D eigenvalue weighted by atomic mass is 9.95. The summed E-state index contributed by atoms with van der Waals surface area (Å²) in [5, 5.41) is 2.30. The van der Waals surface area contributed by atoms with Gasteiger partial charge in [0.05, 0.1) is 17.4 Å². The molecule has 2 aromatic carbocycles. The van der Waals surface area contributed by atoms with Crippen LogP contribution in [0.2, 0.25) is 0 Å². The Labute approximate surface area is 142 Å². The summed E-state index contributed by atoms with van der Waals surface area (Å²) < 4.78 is 27.3. The molecule has 1 heterocycles. The summed E-state index contributed by atoms with van der Waals surface area (Å²) in [5.74, 6) is -1.53. The standard InChI is InChI=1S/C16H13NO5S2/c1-24(20,21)22-17-15(18)11-4-2-3-10-13(23-9-5-6-9)8-7-12(14(10)11)16(17)19/h2-4,7-9H,5-6H2,1H3. The van der Waals surface area contributed by atoms with Crippen LogP contribution < -0.4 is 0 Å². The Morgan fingerprint density at radius 2 is 1.75 bits per heavy atom. The second-order valence-electron chi connectivity index (χ2n) is 5.84. The zero-order chi connectivity index (χ0) is 17.1. The van der Waals surface area contributed by atoms with E-state index in [1.165, 1.54) is 12.8 Å². The highest BCUT2D eigenvalue weighted by molar-refractivity contribution is 8.00. The van der Waals surface area contributed by atoms with Gasteiger partial charge in [0, 0.05) is 15.5 Å². The van der Waals surface area contributed by atoms with Gasteiger partial charge in [0.2, 0.25) is 0 Å². The molecular weight excluding hydrogens is 350 g/mol.